The zero-order valence-corrected chi connectivity index (χ0v) is 18.5. The third kappa shape index (κ3) is 6.13. The molecule has 4 nitrogen and oxygen atoms in total. The maximum absolute atomic E-state index is 6.10. The number of fused-ring (bicyclic) bond motifs is 1. The lowest BCUT2D eigenvalue weighted by Gasteiger charge is -2.32. The van der Waals surface area contributed by atoms with Gasteiger partial charge in [0.2, 0.25) is 0 Å². The minimum absolute atomic E-state index is 0.648. The topological polar surface area (TPSA) is 31.5 Å². The first kappa shape index (κ1) is 21.5. The van der Waals surface area contributed by atoms with Crippen LogP contribution in [0, 0.1) is 18.3 Å². The van der Waals surface area contributed by atoms with E-state index in [9.17, 15) is 0 Å². The number of terminal acetylenes is 1. The minimum atomic E-state index is 0.648. The van der Waals surface area contributed by atoms with E-state index in [0.29, 0.717) is 6.54 Å². The van der Waals surface area contributed by atoms with Crippen LogP contribution in [0.2, 0.25) is 0 Å². The number of aromatic nitrogens is 1. The van der Waals surface area contributed by atoms with Crippen LogP contribution in [-0.2, 0) is 13.1 Å². The van der Waals surface area contributed by atoms with E-state index in [4.69, 9.17) is 11.2 Å². The van der Waals surface area contributed by atoms with Crippen LogP contribution in [0.3, 0.4) is 0 Å². The van der Waals surface area contributed by atoms with Crippen molar-refractivity contribution >= 4 is 10.9 Å². The molecule has 1 fully saturated rings. The molecule has 1 aromatic heterocycles. The van der Waals surface area contributed by atoms with Crippen LogP contribution in [0.1, 0.15) is 30.5 Å². The van der Waals surface area contributed by atoms with Gasteiger partial charge in [-0.3, -0.25) is 9.80 Å². The van der Waals surface area contributed by atoms with Crippen LogP contribution < -0.4 is 4.74 Å². The van der Waals surface area contributed by atoms with Crippen LogP contribution in [0.4, 0.5) is 0 Å². The number of nitrogens with zero attached hydrogens (tertiary/aromatic N) is 2. The summed E-state index contributed by atoms with van der Waals surface area (Å²) in [5.74, 6) is 4.40. The first-order valence-electron chi connectivity index (χ1n) is 11.3. The maximum Gasteiger partial charge on any atom is 0.120 e. The zero-order valence-electron chi connectivity index (χ0n) is 18.5. The molecule has 0 aliphatic carbocycles. The fourth-order valence-corrected chi connectivity index (χ4v) is 4.47. The molecule has 0 spiro atoms. The highest BCUT2D eigenvalue weighted by molar-refractivity contribution is 5.81. The van der Waals surface area contributed by atoms with Crippen molar-refractivity contribution in [2.75, 3.05) is 33.3 Å². The minimum Gasteiger partial charge on any atom is -0.494 e. The first-order chi connectivity index (χ1) is 15.2. The molecule has 2 aromatic carbocycles. The quantitative estimate of drug-likeness (QED) is 0.504. The Labute approximate surface area is 186 Å². The SMILES string of the molecule is C#CCN(C)Cc1cc2cc(OCCC3CCN(Cc4ccccc4)CC3)ccc2[nH]1. The lowest BCUT2D eigenvalue weighted by atomic mass is 9.93. The van der Waals surface area contributed by atoms with Crippen molar-refractivity contribution in [3.8, 4) is 18.1 Å². The van der Waals surface area contributed by atoms with Gasteiger partial charge in [0.1, 0.15) is 5.75 Å². The third-order valence-electron chi connectivity index (χ3n) is 6.20. The Hall–Kier alpha value is -2.74. The number of likely N-dealkylation sites (tertiary alicyclic amines) is 1. The Morgan fingerprint density at radius 3 is 2.71 bits per heavy atom. The van der Waals surface area contributed by atoms with Gasteiger partial charge >= 0.3 is 0 Å². The molecule has 162 valence electrons. The number of aromatic amines is 1. The smallest absolute Gasteiger partial charge is 0.120 e. The summed E-state index contributed by atoms with van der Waals surface area (Å²) >= 11 is 0. The van der Waals surface area contributed by atoms with Gasteiger partial charge in [0.15, 0.2) is 0 Å². The molecule has 2 heterocycles. The number of piperidine rings is 1. The monoisotopic (exact) mass is 415 g/mol. The molecule has 0 saturated carbocycles. The van der Waals surface area contributed by atoms with Gasteiger partial charge in [-0.15, -0.1) is 6.42 Å². The molecular weight excluding hydrogens is 382 g/mol. The number of hydrogen-bond acceptors (Lipinski definition) is 3. The summed E-state index contributed by atoms with van der Waals surface area (Å²) < 4.78 is 6.10. The van der Waals surface area contributed by atoms with E-state index in [1.165, 1.54) is 42.6 Å². The summed E-state index contributed by atoms with van der Waals surface area (Å²) in [5, 5.41) is 1.19. The van der Waals surface area contributed by atoms with E-state index in [2.05, 4.69) is 75.3 Å². The number of H-pyrrole nitrogens is 1. The number of ether oxygens (including phenoxy) is 1. The van der Waals surface area contributed by atoms with Crippen molar-refractivity contribution in [3.05, 3.63) is 65.9 Å². The Kier molecular flexibility index (Phi) is 7.30. The molecule has 1 aliphatic heterocycles. The molecule has 1 saturated heterocycles. The normalized spacial score (nSPS) is 15.4. The second-order valence-electron chi connectivity index (χ2n) is 8.76. The maximum atomic E-state index is 6.10. The summed E-state index contributed by atoms with van der Waals surface area (Å²) in [7, 11) is 2.03. The van der Waals surface area contributed by atoms with Crippen molar-refractivity contribution < 1.29 is 4.74 Å². The molecule has 4 heteroatoms. The molecule has 0 atom stereocenters. The summed E-state index contributed by atoms with van der Waals surface area (Å²) in [6.07, 6.45) is 9.06. The molecule has 31 heavy (non-hydrogen) atoms. The number of rotatable bonds is 9. The van der Waals surface area contributed by atoms with Gasteiger partial charge in [-0.25, -0.2) is 0 Å². The summed E-state index contributed by atoms with van der Waals surface area (Å²) in [5.41, 5.74) is 3.73. The van der Waals surface area contributed by atoms with E-state index in [1.54, 1.807) is 0 Å². The molecule has 3 aromatic rings. The Morgan fingerprint density at radius 2 is 1.94 bits per heavy atom. The van der Waals surface area contributed by atoms with Gasteiger partial charge in [0.05, 0.1) is 13.2 Å². The Bertz CT molecular complexity index is 996. The van der Waals surface area contributed by atoms with Crippen molar-refractivity contribution in [1.82, 2.24) is 14.8 Å². The van der Waals surface area contributed by atoms with Crippen molar-refractivity contribution in [3.63, 3.8) is 0 Å². The van der Waals surface area contributed by atoms with Crippen molar-refractivity contribution in [1.29, 1.82) is 0 Å². The van der Waals surface area contributed by atoms with Crippen molar-refractivity contribution in [2.24, 2.45) is 5.92 Å². The van der Waals surface area contributed by atoms with Gasteiger partial charge in [-0.2, -0.15) is 0 Å². The highest BCUT2D eigenvalue weighted by atomic mass is 16.5. The second kappa shape index (κ2) is 10.5. The Balaban J connectivity index is 1.21. The van der Waals surface area contributed by atoms with Gasteiger partial charge < -0.3 is 9.72 Å². The molecular formula is C27H33N3O. The van der Waals surface area contributed by atoms with Crippen LogP contribution in [0.15, 0.2) is 54.6 Å². The predicted molar refractivity (Wildman–Crippen MR) is 128 cm³/mol. The van der Waals surface area contributed by atoms with Crippen LogP contribution in [0.25, 0.3) is 10.9 Å². The number of benzene rings is 2. The fraction of sp³-hybridized carbons (Fsp3) is 0.407. The van der Waals surface area contributed by atoms with Gasteiger partial charge in [0, 0.05) is 29.7 Å². The van der Waals surface area contributed by atoms with Crippen LogP contribution >= 0.6 is 0 Å². The average molecular weight is 416 g/mol. The predicted octanol–water partition coefficient (Wildman–Crippen LogP) is 4.91. The molecule has 4 rings (SSSR count). The lowest BCUT2D eigenvalue weighted by Crippen LogP contribution is -2.33. The Morgan fingerprint density at radius 1 is 1.13 bits per heavy atom. The van der Waals surface area contributed by atoms with Crippen LogP contribution in [0.5, 0.6) is 5.75 Å². The largest absolute Gasteiger partial charge is 0.494 e. The number of hydrogen-bond donors (Lipinski definition) is 1. The highest BCUT2D eigenvalue weighted by Gasteiger charge is 2.19. The molecule has 1 N–H and O–H groups in total. The van der Waals surface area contributed by atoms with Gasteiger partial charge in [0.25, 0.3) is 0 Å². The molecule has 0 bridgehead atoms. The average Bonchev–Trinajstić information content (AvgIpc) is 3.17. The fourth-order valence-electron chi connectivity index (χ4n) is 4.47. The van der Waals surface area contributed by atoms with Gasteiger partial charge in [-0.05, 0) is 75.1 Å². The van der Waals surface area contributed by atoms with E-state index >= 15 is 0 Å². The lowest BCUT2D eigenvalue weighted by molar-refractivity contribution is 0.157. The molecule has 0 amide bonds. The highest BCUT2D eigenvalue weighted by Crippen LogP contribution is 2.25. The zero-order chi connectivity index (χ0) is 21.5. The van der Waals surface area contributed by atoms with E-state index in [1.807, 2.05) is 7.05 Å². The van der Waals surface area contributed by atoms with E-state index < -0.39 is 0 Å². The molecule has 0 radical (unpaired) electrons. The van der Waals surface area contributed by atoms with Crippen LogP contribution in [-0.4, -0.2) is 48.1 Å². The second-order valence-corrected chi connectivity index (χ2v) is 8.76. The van der Waals surface area contributed by atoms with Crippen molar-refractivity contribution in [2.45, 2.75) is 32.4 Å². The summed E-state index contributed by atoms with van der Waals surface area (Å²) in [4.78, 5) is 8.16. The first-order valence-corrected chi connectivity index (χ1v) is 11.3. The molecule has 0 unspecified atom stereocenters. The standard InChI is InChI=1S/C27H33N3O/c1-3-14-29(2)21-25-18-24-19-26(9-10-27(24)28-25)31-17-13-22-11-15-30(16-12-22)20-23-7-5-4-6-8-23/h1,4-10,18-19,22,28H,11-17,20-21H2,2H3. The van der Waals surface area contributed by atoms with E-state index in [-0.39, 0.29) is 0 Å². The van der Waals surface area contributed by atoms with E-state index in [0.717, 1.165) is 43.3 Å². The van der Waals surface area contributed by atoms with Gasteiger partial charge in [-0.1, -0.05) is 36.3 Å². The summed E-state index contributed by atoms with van der Waals surface area (Å²) in [6.45, 7) is 5.70. The third-order valence-corrected chi connectivity index (χ3v) is 6.20. The molecule has 1 aliphatic rings. The number of nitrogens with one attached hydrogen (secondary N) is 1. The summed E-state index contributed by atoms with van der Waals surface area (Å²) in [6, 6.07) is 19.3.